The van der Waals surface area contributed by atoms with Gasteiger partial charge < -0.3 is 4.90 Å². The van der Waals surface area contributed by atoms with Gasteiger partial charge in [-0.3, -0.25) is 14.9 Å². The van der Waals surface area contributed by atoms with Gasteiger partial charge in [0, 0.05) is 30.4 Å². The lowest BCUT2D eigenvalue weighted by atomic mass is 10.1. The Hall–Kier alpha value is -3.22. The number of rotatable bonds is 6. The van der Waals surface area contributed by atoms with Crippen LogP contribution in [-0.4, -0.2) is 30.1 Å². The van der Waals surface area contributed by atoms with Gasteiger partial charge in [0.1, 0.15) is 0 Å². The molecule has 1 saturated heterocycles. The maximum Gasteiger partial charge on any atom is 0.273 e. The van der Waals surface area contributed by atoms with Gasteiger partial charge >= 0.3 is 0 Å². The first-order valence-corrected chi connectivity index (χ1v) is 8.53. The van der Waals surface area contributed by atoms with E-state index in [1.165, 1.54) is 24.6 Å². The van der Waals surface area contributed by atoms with E-state index in [4.69, 9.17) is 0 Å². The fraction of sp³-hybridized carbons (Fsp3) is 0.263. The Morgan fingerprint density at radius 3 is 2.54 bits per heavy atom. The summed E-state index contributed by atoms with van der Waals surface area (Å²) in [6.07, 6.45) is 3.93. The molecular weight excluding hydrogens is 332 g/mol. The summed E-state index contributed by atoms with van der Waals surface area (Å²) >= 11 is 0. The van der Waals surface area contributed by atoms with E-state index < -0.39 is 10.8 Å². The number of hydrogen-bond donors (Lipinski definition) is 1. The van der Waals surface area contributed by atoms with Crippen molar-refractivity contribution >= 4 is 23.5 Å². The van der Waals surface area contributed by atoms with Crippen molar-refractivity contribution in [3.8, 4) is 0 Å². The predicted octanol–water partition coefficient (Wildman–Crippen LogP) is 2.89. The maximum absolute atomic E-state index is 12.0. The highest BCUT2D eigenvalue weighted by molar-refractivity contribution is 5.84. The first-order chi connectivity index (χ1) is 12.6. The average molecular weight is 352 g/mol. The van der Waals surface area contributed by atoms with Gasteiger partial charge in [-0.05, 0) is 30.5 Å². The van der Waals surface area contributed by atoms with Crippen LogP contribution in [0.5, 0.6) is 0 Å². The summed E-state index contributed by atoms with van der Waals surface area (Å²) in [7, 11) is 0. The first kappa shape index (κ1) is 17.6. The van der Waals surface area contributed by atoms with Crippen LogP contribution in [0, 0.1) is 10.1 Å². The van der Waals surface area contributed by atoms with Gasteiger partial charge in [-0.2, -0.15) is 5.10 Å². The highest BCUT2D eigenvalue weighted by Crippen LogP contribution is 2.20. The molecule has 7 nitrogen and oxygen atoms in total. The van der Waals surface area contributed by atoms with Crippen LogP contribution in [0.3, 0.4) is 0 Å². The molecule has 1 fully saturated rings. The molecule has 1 aliphatic heterocycles. The zero-order valence-electron chi connectivity index (χ0n) is 14.3. The molecule has 0 aliphatic carbocycles. The third-order valence-corrected chi connectivity index (χ3v) is 4.31. The van der Waals surface area contributed by atoms with Gasteiger partial charge in [-0.1, -0.05) is 30.3 Å². The van der Waals surface area contributed by atoms with E-state index in [9.17, 15) is 14.9 Å². The summed E-state index contributed by atoms with van der Waals surface area (Å²) < 4.78 is 0. The number of nitrogens with zero attached hydrogens (tertiary/aromatic N) is 3. The topological polar surface area (TPSA) is 87.8 Å². The molecule has 3 rings (SSSR count). The van der Waals surface area contributed by atoms with Crippen molar-refractivity contribution in [2.24, 2.45) is 5.10 Å². The molecule has 1 heterocycles. The molecule has 1 amide bonds. The van der Waals surface area contributed by atoms with Gasteiger partial charge in [0.15, 0.2) is 0 Å². The third-order valence-electron chi connectivity index (χ3n) is 4.31. The quantitative estimate of drug-likeness (QED) is 0.492. The highest BCUT2D eigenvalue weighted by atomic mass is 16.6. The molecule has 0 bridgehead atoms. The van der Waals surface area contributed by atoms with E-state index in [0.29, 0.717) is 5.56 Å². The SMILES string of the molecule is O=C(Cc1ccccc1[N+](=O)[O-])NN=Cc1ccc(N2CCCC2)cc1. The number of carbonyl (C=O) groups is 1. The molecular formula is C19H20N4O3. The van der Waals surface area contributed by atoms with Crippen molar-refractivity contribution < 1.29 is 9.72 Å². The molecule has 26 heavy (non-hydrogen) atoms. The average Bonchev–Trinajstić information content (AvgIpc) is 3.17. The van der Waals surface area contributed by atoms with Crippen molar-refractivity contribution in [3.05, 3.63) is 69.8 Å². The van der Waals surface area contributed by atoms with Crippen LogP contribution in [0.2, 0.25) is 0 Å². The molecule has 1 N–H and O–H groups in total. The fourth-order valence-electron chi connectivity index (χ4n) is 2.98. The molecule has 0 saturated carbocycles. The number of hydrogen-bond acceptors (Lipinski definition) is 5. The Balaban J connectivity index is 1.55. The van der Waals surface area contributed by atoms with Crippen LogP contribution in [0.15, 0.2) is 53.6 Å². The van der Waals surface area contributed by atoms with E-state index in [0.717, 1.165) is 18.7 Å². The summed E-state index contributed by atoms with van der Waals surface area (Å²) in [5, 5.41) is 14.9. The minimum absolute atomic E-state index is 0.0656. The van der Waals surface area contributed by atoms with Crippen molar-refractivity contribution in [3.63, 3.8) is 0 Å². The van der Waals surface area contributed by atoms with Crippen LogP contribution < -0.4 is 10.3 Å². The number of benzene rings is 2. The first-order valence-electron chi connectivity index (χ1n) is 8.53. The van der Waals surface area contributed by atoms with Gasteiger partial charge in [0.2, 0.25) is 5.91 Å². The van der Waals surface area contributed by atoms with E-state index >= 15 is 0 Å². The van der Waals surface area contributed by atoms with Crippen LogP contribution in [0.4, 0.5) is 11.4 Å². The van der Waals surface area contributed by atoms with Crippen molar-refractivity contribution in [2.45, 2.75) is 19.3 Å². The fourth-order valence-corrected chi connectivity index (χ4v) is 2.98. The van der Waals surface area contributed by atoms with Crippen LogP contribution in [-0.2, 0) is 11.2 Å². The minimum atomic E-state index is -0.492. The molecule has 0 spiro atoms. The molecule has 2 aromatic rings. The van der Waals surface area contributed by atoms with Gasteiger partial charge in [0.05, 0.1) is 17.6 Å². The number of nitrogens with one attached hydrogen (secondary N) is 1. The lowest BCUT2D eigenvalue weighted by Gasteiger charge is -2.17. The minimum Gasteiger partial charge on any atom is -0.372 e. The van der Waals surface area contributed by atoms with E-state index in [2.05, 4.69) is 15.4 Å². The molecule has 0 radical (unpaired) electrons. The molecule has 1 aliphatic rings. The van der Waals surface area contributed by atoms with Crippen molar-refractivity contribution in [1.29, 1.82) is 0 Å². The van der Waals surface area contributed by atoms with Crippen LogP contribution >= 0.6 is 0 Å². The Kier molecular flexibility index (Phi) is 5.58. The number of nitro groups is 1. The maximum atomic E-state index is 12.0. The van der Waals surface area contributed by atoms with Gasteiger partial charge in [0.25, 0.3) is 5.69 Å². The van der Waals surface area contributed by atoms with E-state index in [1.807, 2.05) is 24.3 Å². The Bertz CT molecular complexity index is 812. The third kappa shape index (κ3) is 4.44. The van der Waals surface area contributed by atoms with Gasteiger partial charge in [-0.15, -0.1) is 0 Å². The standard InChI is InChI=1S/C19H20N4O3/c24-19(13-16-5-1-2-6-18(16)23(25)26)21-20-14-15-7-9-17(10-8-15)22-11-3-4-12-22/h1-2,5-10,14H,3-4,11-13H2,(H,21,24). The normalized spacial score (nSPS) is 13.9. The molecule has 0 atom stereocenters. The van der Waals surface area contributed by atoms with Gasteiger partial charge in [-0.25, -0.2) is 5.43 Å². The number of hydrazone groups is 1. The summed E-state index contributed by atoms with van der Waals surface area (Å²) in [5.41, 5.74) is 4.78. The van der Waals surface area contributed by atoms with Crippen LogP contribution in [0.25, 0.3) is 0 Å². The highest BCUT2D eigenvalue weighted by Gasteiger charge is 2.15. The second-order valence-corrected chi connectivity index (χ2v) is 6.14. The second kappa shape index (κ2) is 8.24. The smallest absolute Gasteiger partial charge is 0.273 e. The van der Waals surface area contributed by atoms with E-state index in [-0.39, 0.29) is 12.1 Å². The number of anilines is 1. The zero-order valence-corrected chi connectivity index (χ0v) is 14.3. The molecule has 2 aromatic carbocycles. The molecule has 0 unspecified atom stereocenters. The summed E-state index contributed by atoms with van der Waals surface area (Å²) in [5.74, 6) is -0.399. The molecule has 7 heteroatoms. The lowest BCUT2D eigenvalue weighted by molar-refractivity contribution is -0.385. The number of carbonyl (C=O) groups excluding carboxylic acids is 1. The van der Waals surface area contributed by atoms with Crippen molar-refractivity contribution in [2.75, 3.05) is 18.0 Å². The van der Waals surface area contributed by atoms with Crippen LogP contribution in [0.1, 0.15) is 24.0 Å². The number of amides is 1. The summed E-state index contributed by atoms with van der Waals surface area (Å²) in [4.78, 5) is 24.8. The molecule has 0 aromatic heterocycles. The monoisotopic (exact) mass is 352 g/mol. The van der Waals surface area contributed by atoms with E-state index in [1.54, 1.807) is 24.4 Å². The summed E-state index contributed by atoms with van der Waals surface area (Å²) in [6.45, 7) is 2.18. The number of nitro benzene ring substituents is 1. The zero-order chi connectivity index (χ0) is 18.4. The number of para-hydroxylation sites is 1. The van der Waals surface area contributed by atoms with Crippen molar-refractivity contribution in [1.82, 2.24) is 5.43 Å². The Labute approximate surface area is 151 Å². The Morgan fingerprint density at radius 1 is 1.15 bits per heavy atom. The predicted molar refractivity (Wildman–Crippen MR) is 100 cm³/mol. The summed E-state index contributed by atoms with van der Waals surface area (Å²) in [6, 6.07) is 14.2. The lowest BCUT2D eigenvalue weighted by Crippen LogP contribution is -2.20. The molecule has 134 valence electrons. The Morgan fingerprint density at radius 2 is 1.85 bits per heavy atom. The second-order valence-electron chi connectivity index (χ2n) is 6.14. The largest absolute Gasteiger partial charge is 0.372 e.